The Morgan fingerprint density at radius 3 is 1.71 bits per heavy atom. The van der Waals surface area contributed by atoms with E-state index in [-0.39, 0.29) is 6.04 Å². The molecule has 0 saturated carbocycles. The van der Waals surface area contributed by atoms with Gasteiger partial charge in [0.15, 0.2) is 0 Å². The molecule has 0 aliphatic rings. The summed E-state index contributed by atoms with van der Waals surface area (Å²) in [6.45, 7) is -0.536. The molecule has 0 heterocycles. The second-order valence-electron chi connectivity index (χ2n) is 2.34. The summed E-state index contributed by atoms with van der Waals surface area (Å²) in [6, 6.07) is -0.0456. The largest absolute Gasteiger partial charge is 0.522 e. The highest BCUT2D eigenvalue weighted by Gasteiger charge is 2.39. The van der Waals surface area contributed by atoms with Gasteiger partial charge in [-0.15, -0.1) is 13.2 Å². The Hall–Kier alpha value is -0.153. The van der Waals surface area contributed by atoms with Crippen LogP contribution in [0.2, 0.25) is 6.04 Å². The molecule has 0 saturated heterocycles. The van der Waals surface area contributed by atoms with Crippen molar-refractivity contribution >= 4 is 8.80 Å². The number of hydrogen-bond donors (Lipinski definition) is 0. The fraction of sp³-hybridized carbons (Fsp3) is 1.00. The van der Waals surface area contributed by atoms with Gasteiger partial charge >= 0.3 is 15.2 Å². The smallest absolute Gasteiger partial charge is 0.377 e. The van der Waals surface area contributed by atoms with Crippen molar-refractivity contribution in [2.75, 3.05) is 27.9 Å². The van der Waals surface area contributed by atoms with Crippen LogP contribution in [0.5, 0.6) is 0 Å². The molecule has 86 valence electrons. The van der Waals surface area contributed by atoms with Gasteiger partial charge in [0.25, 0.3) is 0 Å². The van der Waals surface area contributed by atoms with E-state index in [9.17, 15) is 13.2 Å². The number of halogens is 3. The quantitative estimate of drug-likeness (QED) is 0.651. The maximum atomic E-state index is 11.6. The van der Waals surface area contributed by atoms with Gasteiger partial charge < -0.3 is 13.3 Å². The molecule has 0 radical (unpaired) electrons. The predicted molar refractivity (Wildman–Crippen MR) is 43.6 cm³/mol. The lowest BCUT2D eigenvalue weighted by Crippen LogP contribution is -2.44. The van der Waals surface area contributed by atoms with E-state index in [1.165, 1.54) is 21.3 Å². The minimum atomic E-state index is -4.63. The van der Waals surface area contributed by atoms with Crippen LogP contribution in [0.15, 0.2) is 0 Å². The summed E-state index contributed by atoms with van der Waals surface area (Å²) >= 11 is 0. The summed E-state index contributed by atoms with van der Waals surface area (Å²) in [6.07, 6.45) is -4.63. The zero-order chi connectivity index (χ0) is 11.2. The molecule has 0 aliphatic carbocycles. The van der Waals surface area contributed by atoms with Gasteiger partial charge in [-0.05, 0) is 0 Å². The Balaban J connectivity index is 3.95. The van der Waals surface area contributed by atoms with E-state index in [2.05, 4.69) is 4.74 Å². The van der Waals surface area contributed by atoms with Crippen molar-refractivity contribution in [2.45, 2.75) is 12.4 Å². The second-order valence-corrected chi connectivity index (χ2v) is 5.43. The van der Waals surface area contributed by atoms with Crippen molar-refractivity contribution in [3.63, 3.8) is 0 Å². The first-order valence-electron chi connectivity index (χ1n) is 3.75. The van der Waals surface area contributed by atoms with E-state index in [1.54, 1.807) is 0 Å². The molecule has 0 aromatic heterocycles. The molecule has 0 aromatic carbocycles. The van der Waals surface area contributed by atoms with Crippen LogP contribution >= 0.6 is 0 Å². The van der Waals surface area contributed by atoms with Gasteiger partial charge in [-0.1, -0.05) is 0 Å². The van der Waals surface area contributed by atoms with Gasteiger partial charge in [-0.25, -0.2) is 0 Å². The lowest BCUT2D eigenvalue weighted by molar-refractivity contribution is -0.323. The highest BCUT2D eigenvalue weighted by Crippen LogP contribution is 2.19. The molecule has 0 N–H and O–H groups in total. The standard InChI is InChI=1S/C6H13F3O4Si/c1-10-14(11-2,12-3)5-4-13-6(7,8)9/h4-5H2,1-3H3. The van der Waals surface area contributed by atoms with Gasteiger partial charge in [0.1, 0.15) is 0 Å². The molecule has 4 nitrogen and oxygen atoms in total. The molecule has 0 amide bonds. The van der Waals surface area contributed by atoms with E-state index in [4.69, 9.17) is 13.3 Å². The van der Waals surface area contributed by atoms with E-state index in [1.807, 2.05) is 0 Å². The summed E-state index contributed by atoms with van der Waals surface area (Å²) in [5, 5.41) is 0. The monoisotopic (exact) mass is 234 g/mol. The van der Waals surface area contributed by atoms with Crippen LogP contribution in [0.4, 0.5) is 13.2 Å². The number of rotatable bonds is 6. The molecule has 0 atom stereocenters. The third kappa shape index (κ3) is 4.91. The van der Waals surface area contributed by atoms with Crippen LogP contribution < -0.4 is 0 Å². The van der Waals surface area contributed by atoms with Crippen LogP contribution in [0.3, 0.4) is 0 Å². The van der Waals surface area contributed by atoms with Crippen LogP contribution in [0, 0.1) is 0 Å². The highest BCUT2D eigenvalue weighted by molar-refractivity contribution is 6.60. The van der Waals surface area contributed by atoms with Crippen molar-refractivity contribution in [2.24, 2.45) is 0 Å². The summed E-state index contributed by atoms with van der Waals surface area (Å²) in [5.41, 5.74) is 0. The molecule has 8 heteroatoms. The lowest BCUT2D eigenvalue weighted by atomic mass is 10.8. The molecule has 0 aromatic rings. The van der Waals surface area contributed by atoms with Gasteiger partial charge in [-0.3, -0.25) is 4.74 Å². The Kier molecular flexibility index (Phi) is 5.60. The molecule has 0 fully saturated rings. The van der Waals surface area contributed by atoms with Gasteiger partial charge in [0.2, 0.25) is 0 Å². The zero-order valence-electron chi connectivity index (χ0n) is 8.18. The van der Waals surface area contributed by atoms with Crippen LogP contribution in [-0.2, 0) is 18.0 Å². The first-order valence-corrected chi connectivity index (χ1v) is 5.68. The normalized spacial score (nSPS) is 13.3. The average molecular weight is 234 g/mol. The van der Waals surface area contributed by atoms with Gasteiger partial charge in [0, 0.05) is 27.4 Å². The Morgan fingerprint density at radius 1 is 1.00 bits per heavy atom. The van der Waals surface area contributed by atoms with Crippen LogP contribution in [0.1, 0.15) is 0 Å². The molecule has 0 bridgehead atoms. The summed E-state index contributed by atoms with van der Waals surface area (Å²) in [7, 11) is 1.04. The molecule has 0 rings (SSSR count). The molecular formula is C6H13F3O4Si. The lowest BCUT2D eigenvalue weighted by Gasteiger charge is -2.24. The fourth-order valence-corrected chi connectivity index (χ4v) is 2.31. The van der Waals surface area contributed by atoms with E-state index in [0.29, 0.717) is 0 Å². The minimum absolute atomic E-state index is 0.0456. The zero-order valence-corrected chi connectivity index (χ0v) is 9.18. The summed E-state index contributed by atoms with van der Waals surface area (Å²) in [4.78, 5) is 0. The third-order valence-corrected chi connectivity index (χ3v) is 4.29. The first-order chi connectivity index (χ1) is 6.39. The van der Waals surface area contributed by atoms with Crippen molar-refractivity contribution in [1.82, 2.24) is 0 Å². The van der Waals surface area contributed by atoms with E-state index >= 15 is 0 Å². The fourth-order valence-electron chi connectivity index (χ4n) is 0.848. The predicted octanol–water partition coefficient (Wildman–Crippen LogP) is 1.40. The Morgan fingerprint density at radius 2 is 1.43 bits per heavy atom. The molecular weight excluding hydrogens is 221 g/mol. The SMILES string of the molecule is CO[Si](CCOC(F)(F)F)(OC)OC. The second kappa shape index (κ2) is 5.66. The first kappa shape index (κ1) is 13.8. The highest BCUT2D eigenvalue weighted by atomic mass is 28.4. The number of alkyl halides is 3. The number of hydrogen-bond acceptors (Lipinski definition) is 4. The average Bonchev–Trinajstić information content (AvgIpc) is 2.11. The maximum Gasteiger partial charge on any atom is 0.522 e. The Bertz CT molecular complexity index is 151. The van der Waals surface area contributed by atoms with Crippen molar-refractivity contribution in [1.29, 1.82) is 0 Å². The molecule has 0 unspecified atom stereocenters. The van der Waals surface area contributed by atoms with E-state index < -0.39 is 21.8 Å². The number of ether oxygens (including phenoxy) is 1. The molecule has 0 spiro atoms. The van der Waals surface area contributed by atoms with Crippen molar-refractivity contribution < 1.29 is 31.2 Å². The molecule has 0 aliphatic heterocycles. The van der Waals surface area contributed by atoms with E-state index in [0.717, 1.165) is 0 Å². The van der Waals surface area contributed by atoms with Gasteiger partial charge in [-0.2, -0.15) is 0 Å². The molecule has 14 heavy (non-hydrogen) atoms. The topological polar surface area (TPSA) is 36.9 Å². The van der Waals surface area contributed by atoms with Crippen molar-refractivity contribution in [3.05, 3.63) is 0 Å². The summed E-state index contributed by atoms with van der Waals surface area (Å²) < 4.78 is 53.1. The minimum Gasteiger partial charge on any atom is -0.377 e. The van der Waals surface area contributed by atoms with Gasteiger partial charge in [0.05, 0.1) is 6.61 Å². The van der Waals surface area contributed by atoms with Crippen LogP contribution in [0.25, 0.3) is 0 Å². The third-order valence-electron chi connectivity index (χ3n) is 1.61. The maximum absolute atomic E-state index is 11.6. The van der Waals surface area contributed by atoms with Crippen molar-refractivity contribution in [3.8, 4) is 0 Å². The van der Waals surface area contributed by atoms with Crippen LogP contribution in [-0.4, -0.2) is 43.1 Å². The summed E-state index contributed by atoms with van der Waals surface area (Å²) in [5.74, 6) is 0. The Labute approximate surface area is 81.3 Å².